The zero-order valence-electron chi connectivity index (χ0n) is 44.1. The Morgan fingerprint density at radius 3 is 2.31 bits per heavy atom. The molecule has 3 aromatic carbocycles. The number of nitrogens with zero attached hydrogens (tertiary/aromatic N) is 2. The fourth-order valence-corrected chi connectivity index (χ4v) is 12.2. The quantitative estimate of drug-likeness (QED) is 0.0283. The standard InChI is InChI=1S/C60H82N2O11S/c1-4-6-7-8-9-10-11-12-13-19-36-67-59(65)62(41-43-24-30-53-54(37-43)69-42-68-53)55-40-51(61-73-56-23-16-20-35-66-56)49-38-44(21-14-17-32-63)48(22-15-18-33-64)57-50-39-46(71-45-25-28-47(74-3)29-26-45)27-31-52(50)72-60(55,58(49)57)70-34-5-2/h5,24-31,37-39,44,48,55-58,63-64H,2,4,6-23,32-36,40-42H2,1,3H3/t44-,48+,55-,56?,57+,58+,60+/m0/s1. The van der Waals surface area contributed by atoms with Gasteiger partial charge in [0.25, 0.3) is 0 Å². The zero-order chi connectivity index (χ0) is 51.5. The maximum Gasteiger partial charge on any atom is 0.410 e. The number of allylic oxidation sites excluding steroid dienone is 1. The molecule has 7 atom stereocenters. The summed E-state index contributed by atoms with van der Waals surface area (Å²) in [7, 11) is 0. The molecule has 404 valence electrons. The minimum Gasteiger partial charge on any atom is -0.459 e. The van der Waals surface area contributed by atoms with Crippen molar-refractivity contribution in [3.63, 3.8) is 0 Å². The first-order chi connectivity index (χ1) is 36.4. The molecule has 74 heavy (non-hydrogen) atoms. The molecule has 0 radical (unpaired) electrons. The fourth-order valence-electron chi connectivity index (χ4n) is 11.8. The highest BCUT2D eigenvalue weighted by atomic mass is 32.2. The summed E-state index contributed by atoms with van der Waals surface area (Å²) in [6.45, 7) is 7.85. The number of fused-ring (bicyclic) bond motifs is 3. The number of oxime groups is 1. The lowest BCUT2D eigenvalue weighted by Gasteiger charge is -2.60. The normalized spacial score (nSPS) is 24.1. The molecule has 1 unspecified atom stereocenters. The summed E-state index contributed by atoms with van der Waals surface area (Å²) in [6, 6.07) is 19.1. The van der Waals surface area contributed by atoms with Gasteiger partial charge in [0, 0.05) is 49.0 Å². The number of carbonyl (C=O) groups is 1. The smallest absolute Gasteiger partial charge is 0.410 e. The maximum atomic E-state index is 15.3. The predicted molar refractivity (Wildman–Crippen MR) is 289 cm³/mol. The number of hydrogen-bond acceptors (Lipinski definition) is 13. The largest absolute Gasteiger partial charge is 0.459 e. The van der Waals surface area contributed by atoms with Crippen molar-refractivity contribution < 1.29 is 53.0 Å². The van der Waals surface area contributed by atoms with E-state index < -0.39 is 30.1 Å². The minimum atomic E-state index is -1.48. The highest BCUT2D eigenvalue weighted by Crippen LogP contribution is 2.62. The van der Waals surface area contributed by atoms with Crippen LogP contribution in [0.4, 0.5) is 4.79 Å². The number of amides is 1. The molecule has 1 saturated heterocycles. The molecule has 0 aromatic heterocycles. The van der Waals surface area contributed by atoms with Gasteiger partial charge in [-0.05, 0) is 129 Å². The van der Waals surface area contributed by atoms with E-state index >= 15 is 4.79 Å². The molecular formula is C60H82N2O11S. The van der Waals surface area contributed by atoms with Gasteiger partial charge in [-0.1, -0.05) is 101 Å². The van der Waals surface area contributed by atoms with E-state index in [0.717, 1.165) is 91.6 Å². The first-order valence-electron chi connectivity index (χ1n) is 27.9. The summed E-state index contributed by atoms with van der Waals surface area (Å²) < 4.78 is 45.5. The molecule has 14 heteroatoms. The Kier molecular flexibility index (Phi) is 21.3. The van der Waals surface area contributed by atoms with Gasteiger partial charge in [-0.15, -0.1) is 18.3 Å². The topological polar surface area (TPSA) is 147 Å². The Hall–Kier alpha value is -4.73. The molecule has 5 aliphatic rings. The molecule has 0 bridgehead atoms. The molecule has 2 N–H and O–H groups in total. The lowest BCUT2D eigenvalue weighted by atomic mass is 9.55. The van der Waals surface area contributed by atoms with Crippen molar-refractivity contribution in [3.05, 3.63) is 96.1 Å². The van der Waals surface area contributed by atoms with Crippen LogP contribution in [0, 0.1) is 17.8 Å². The van der Waals surface area contributed by atoms with Gasteiger partial charge >= 0.3 is 6.09 Å². The summed E-state index contributed by atoms with van der Waals surface area (Å²) in [4.78, 5) is 24.6. The molecular weight excluding hydrogens is 957 g/mol. The van der Waals surface area contributed by atoms with Crippen LogP contribution in [0.2, 0.25) is 0 Å². The zero-order valence-corrected chi connectivity index (χ0v) is 44.9. The van der Waals surface area contributed by atoms with E-state index in [-0.39, 0.29) is 63.9 Å². The van der Waals surface area contributed by atoms with Crippen LogP contribution in [0.5, 0.6) is 28.7 Å². The number of thioether (sulfide) groups is 1. The second-order valence-electron chi connectivity index (χ2n) is 20.6. The second-order valence-corrected chi connectivity index (χ2v) is 21.4. The van der Waals surface area contributed by atoms with Crippen molar-refractivity contribution in [2.75, 3.05) is 46.1 Å². The number of ether oxygens (including phenoxy) is 7. The number of aliphatic hydroxyl groups is 2. The molecule has 3 aliphatic heterocycles. The van der Waals surface area contributed by atoms with Crippen molar-refractivity contribution >= 4 is 23.6 Å². The third-order valence-electron chi connectivity index (χ3n) is 15.5. The van der Waals surface area contributed by atoms with Gasteiger partial charge in [-0.25, -0.2) is 4.79 Å². The van der Waals surface area contributed by atoms with Gasteiger partial charge < -0.3 is 48.2 Å². The lowest BCUT2D eigenvalue weighted by molar-refractivity contribution is -0.256. The Morgan fingerprint density at radius 2 is 1.58 bits per heavy atom. The molecule has 1 saturated carbocycles. The van der Waals surface area contributed by atoms with Crippen molar-refractivity contribution in [1.82, 2.24) is 4.90 Å². The van der Waals surface area contributed by atoms with E-state index in [1.54, 1.807) is 22.7 Å². The lowest BCUT2D eigenvalue weighted by Crippen LogP contribution is -2.70. The van der Waals surface area contributed by atoms with Crippen LogP contribution in [-0.4, -0.2) is 91.1 Å². The van der Waals surface area contributed by atoms with E-state index in [4.69, 9.17) is 43.2 Å². The Labute approximate surface area is 444 Å². The summed E-state index contributed by atoms with van der Waals surface area (Å²) in [5.41, 5.74) is 3.44. The SMILES string of the molecule is C=CCO[C@@]12Oc3ccc(Oc4ccc(SC)cc4)cc3[C@H]3[C@H](CCCCO)[C@@H](CCCCO)C=C(C(=NOC4CCCCO4)C[C@@H]1N(Cc1ccc4c(c1)OCO4)C(=O)OCCCCCCCCCCCC)[C@H]32. The molecule has 3 aromatic rings. The first-order valence-corrected chi connectivity index (χ1v) is 29.1. The predicted octanol–water partition coefficient (Wildman–Crippen LogP) is 13.6. The third-order valence-corrected chi connectivity index (χ3v) is 16.2. The number of unbranched alkanes of at least 4 members (excludes halogenated alkanes) is 11. The van der Waals surface area contributed by atoms with Crippen LogP contribution in [0.25, 0.3) is 0 Å². The monoisotopic (exact) mass is 1040 g/mol. The average molecular weight is 1040 g/mol. The maximum absolute atomic E-state index is 15.3. The van der Waals surface area contributed by atoms with Gasteiger partial charge in [0.2, 0.25) is 18.9 Å². The number of carbonyl (C=O) groups excluding carboxylic acids is 1. The fraction of sp³-hybridized carbons (Fsp3) is 0.600. The molecule has 1 amide bonds. The van der Waals surface area contributed by atoms with Crippen LogP contribution < -0.4 is 18.9 Å². The molecule has 13 nitrogen and oxygen atoms in total. The Balaban J connectivity index is 1.23. The minimum absolute atomic E-state index is 0.0349. The number of benzene rings is 3. The number of rotatable bonds is 30. The molecule has 2 aliphatic carbocycles. The first kappa shape index (κ1) is 55.5. The van der Waals surface area contributed by atoms with Gasteiger partial charge in [-0.3, -0.25) is 4.90 Å². The average Bonchev–Trinajstić information content (AvgIpc) is 3.90. The van der Waals surface area contributed by atoms with E-state index in [9.17, 15) is 10.2 Å². The third kappa shape index (κ3) is 14.0. The van der Waals surface area contributed by atoms with Crippen molar-refractivity contribution in [1.29, 1.82) is 0 Å². The molecule has 2 fully saturated rings. The van der Waals surface area contributed by atoms with Crippen LogP contribution in [0.3, 0.4) is 0 Å². The highest BCUT2D eigenvalue weighted by molar-refractivity contribution is 7.98. The van der Waals surface area contributed by atoms with Crippen molar-refractivity contribution in [2.45, 2.75) is 171 Å². The molecule has 0 spiro atoms. The summed E-state index contributed by atoms with van der Waals surface area (Å²) in [5, 5.41) is 25.3. The van der Waals surface area contributed by atoms with Crippen LogP contribution >= 0.6 is 11.8 Å². The van der Waals surface area contributed by atoms with Crippen LogP contribution in [0.15, 0.2) is 95.0 Å². The number of aliphatic hydroxyl groups excluding tert-OH is 2. The Morgan fingerprint density at radius 1 is 0.851 bits per heavy atom. The van der Waals surface area contributed by atoms with E-state index in [1.807, 2.05) is 42.5 Å². The van der Waals surface area contributed by atoms with Crippen molar-refractivity contribution in [2.24, 2.45) is 22.9 Å². The van der Waals surface area contributed by atoms with E-state index in [2.05, 4.69) is 44.0 Å². The van der Waals surface area contributed by atoms with Crippen LogP contribution in [-0.2, 0) is 25.6 Å². The van der Waals surface area contributed by atoms with E-state index in [0.29, 0.717) is 48.2 Å². The highest BCUT2D eigenvalue weighted by Gasteiger charge is 2.66. The molecule has 3 heterocycles. The number of hydrogen-bond donors (Lipinski definition) is 2. The van der Waals surface area contributed by atoms with Crippen molar-refractivity contribution in [3.8, 4) is 28.7 Å². The second kappa shape index (κ2) is 28.4. The van der Waals surface area contributed by atoms with Gasteiger partial charge in [0.05, 0.1) is 31.5 Å². The molecule has 8 rings (SSSR count). The van der Waals surface area contributed by atoms with Gasteiger partial charge in [0.15, 0.2) is 11.5 Å². The van der Waals surface area contributed by atoms with Gasteiger partial charge in [-0.2, -0.15) is 0 Å². The van der Waals surface area contributed by atoms with Crippen LogP contribution in [0.1, 0.15) is 152 Å². The summed E-state index contributed by atoms with van der Waals surface area (Å²) in [6.07, 6.45) is 24.3. The summed E-state index contributed by atoms with van der Waals surface area (Å²) in [5.74, 6) is 1.16. The van der Waals surface area contributed by atoms with Gasteiger partial charge in [0.1, 0.15) is 23.3 Å². The van der Waals surface area contributed by atoms with E-state index in [1.165, 1.54) is 44.9 Å². The Bertz CT molecular complexity index is 2300. The summed E-state index contributed by atoms with van der Waals surface area (Å²) >= 11 is 1.68.